The highest BCUT2D eigenvalue weighted by molar-refractivity contribution is 9.10. The molecule has 0 aromatic heterocycles. The zero-order valence-electron chi connectivity index (χ0n) is 9.53. The third-order valence-electron chi connectivity index (χ3n) is 3.39. The Hall–Kier alpha value is -1.07. The summed E-state index contributed by atoms with van der Waals surface area (Å²) in [4.78, 5) is 11.9. The summed E-state index contributed by atoms with van der Waals surface area (Å²) in [7, 11) is 0. The van der Waals surface area contributed by atoms with Crippen LogP contribution in [0.5, 0.6) is 0 Å². The van der Waals surface area contributed by atoms with E-state index < -0.39 is 0 Å². The third-order valence-corrected chi connectivity index (χ3v) is 3.92. The van der Waals surface area contributed by atoms with Crippen molar-refractivity contribution in [1.82, 2.24) is 10.7 Å². The Kier molecular flexibility index (Phi) is 2.41. The molecule has 0 spiro atoms. The van der Waals surface area contributed by atoms with Gasteiger partial charge in [0.2, 0.25) is 0 Å². The van der Waals surface area contributed by atoms with E-state index in [1.165, 1.54) is 12.8 Å². The minimum atomic E-state index is -0.288. The molecule has 1 aliphatic heterocycles. The molecule has 0 bridgehead atoms. The van der Waals surface area contributed by atoms with E-state index in [1.807, 2.05) is 31.2 Å². The van der Waals surface area contributed by atoms with Crippen molar-refractivity contribution in [2.24, 2.45) is 5.92 Å². The van der Waals surface area contributed by atoms with Crippen LogP contribution in [-0.4, -0.2) is 11.7 Å². The standard InChI is InChI=1S/C12H14BrN3O/c1-12(8-2-3-8)14-11(17)16(15-12)10-6-4-9(13)5-7-10/h4-8,15H,2-3H2,1H3,(H,14,17)/t12-/m1/s1. The number of rotatable bonds is 2. The van der Waals surface area contributed by atoms with Gasteiger partial charge in [-0.2, -0.15) is 0 Å². The molecule has 4 nitrogen and oxygen atoms in total. The van der Waals surface area contributed by atoms with Gasteiger partial charge < -0.3 is 5.32 Å². The van der Waals surface area contributed by atoms with E-state index in [1.54, 1.807) is 5.01 Å². The highest BCUT2D eigenvalue weighted by Crippen LogP contribution is 2.40. The second-order valence-electron chi connectivity index (χ2n) is 4.83. The van der Waals surface area contributed by atoms with Gasteiger partial charge in [-0.25, -0.2) is 15.2 Å². The van der Waals surface area contributed by atoms with E-state index >= 15 is 0 Å². The zero-order valence-corrected chi connectivity index (χ0v) is 11.1. The van der Waals surface area contributed by atoms with Crippen LogP contribution in [0.25, 0.3) is 0 Å². The number of hydrogen-bond acceptors (Lipinski definition) is 2. The van der Waals surface area contributed by atoms with Crippen LogP contribution in [0.1, 0.15) is 19.8 Å². The number of carbonyl (C=O) groups is 1. The number of nitrogens with zero attached hydrogens (tertiary/aromatic N) is 1. The number of urea groups is 1. The van der Waals surface area contributed by atoms with Crippen molar-refractivity contribution in [3.05, 3.63) is 28.7 Å². The van der Waals surface area contributed by atoms with Gasteiger partial charge in [0.25, 0.3) is 0 Å². The fourth-order valence-corrected chi connectivity index (χ4v) is 2.48. The number of anilines is 1. The molecule has 1 aliphatic carbocycles. The molecule has 1 atom stereocenters. The first-order valence-corrected chi connectivity index (χ1v) is 6.53. The first kappa shape index (κ1) is 11.0. The number of hydrogen-bond donors (Lipinski definition) is 2. The molecule has 2 N–H and O–H groups in total. The molecular weight excluding hydrogens is 282 g/mol. The second kappa shape index (κ2) is 3.71. The zero-order chi connectivity index (χ0) is 12.0. The maximum atomic E-state index is 11.9. The molecule has 1 aromatic rings. The maximum Gasteiger partial charge on any atom is 0.338 e. The summed E-state index contributed by atoms with van der Waals surface area (Å²) in [6.45, 7) is 2.04. The first-order chi connectivity index (χ1) is 8.08. The van der Waals surface area contributed by atoms with Gasteiger partial charge in [0.1, 0.15) is 5.66 Å². The van der Waals surface area contributed by atoms with E-state index in [9.17, 15) is 4.79 Å². The number of nitrogens with one attached hydrogen (secondary N) is 2. The lowest BCUT2D eigenvalue weighted by molar-refractivity contribution is 0.245. The van der Waals surface area contributed by atoms with Crippen LogP contribution in [0.15, 0.2) is 28.7 Å². The lowest BCUT2D eigenvalue weighted by Crippen LogP contribution is -2.50. The van der Waals surface area contributed by atoms with Gasteiger partial charge in [0.15, 0.2) is 0 Å². The van der Waals surface area contributed by atoms with Crippen molar-refractivity contribution in [3.63, 3.8) is 0 Å². The first-order valence-electron chi connectivity index (χ1n) is 5.74. The summed E-state index contributed by atoms with van der Waals surface area (Å²) >= 11 is 3.39. The van der Waals surface area contributed by atoms with E-state index in [4.69, 9.17) is 0 Å². The molecule has 0 unspecified atom stereocenters. The monoisotopic (exact) mass is 295 g/mol. The molecule has 5 heteroatoms. The van der Waals surface area contributed by atoms with Gasteiger partial charge in [0.05, 0.1) is 5.69 Å². The van der Waals surface area contributed by atoms with E-state index in [2.05, 4.69) is 26.7 Å². The van der Waals surface area contributed by atoms with Gasteiger partial charge in [0, 0.05) is 4.47 Å². The third kappa shape index (κ3) is 1.93. The molecule has 1 heterocycles. The van der Waals surface area contributed by atoms with Crippen molar-refractivity contribution in [1.29, 1.82) is 0 Å². The van der Waals surface area contributed by atoms with Crippen LogP contribution in [0.4, 0.5) is 10.5 Å². The number of halogens is 1. The smallest absolute Gasteiger partial charge is 0.317 e. The SMILES string of the molecule is C[C@@]1(C2CC2)NC(=O)N(c2ccc(Br)cc2)N1. The van der Waals surface area contributed by atoms with Crippen LogP contribution in [0.2, 0.25) is 0 Å². The van der Waals surface area contributed by atoms with Crippen LogP contribution in [0, 0.1) is 5.92 Å². The number of carbonyl (C=O) groups excluding carboxylic acids is 1. The largest absolute Gasteiger partial charge is 0.338 e. The summed E-state index contributed by atoms with van der Waals surface area (Å²) in [5, 5.41) is 4.61. The van der Waals surface area contributed by atoms with Gasteiger partial charge >= 0.3 is 6.03 Å². The van der Waals surface area contributed by atoms with Gasteiger partial charge in [-0.3, -0.25) is 0 Å². The molecule has 2 fully saturated rings. The molecule has 90 valence electrons. The quantitative estimate of drug-likeness (QED) is 0.881. The van der Waals surface area contributed by atoms with Crippen LogP contribution in [-0.2, 0) is 0 Å². The summed E-state index contributed by atoms with van der Waals surface area (Å²) in [6, 6.07) is 7.60. The molecule has 0 radical (unpaired) electrons. The lowest BCUT2D eigenvalue weighted by atomic mass is 10.1. The number of amides is 2. The molecule has 3 rings (SSSR count). The molecule has 1 saturated carbocycles. The summed E-state index contributed by atoms with van der Waals surface area (Å²) in [6.07, 6.45) is 2.36. The average molecular weight is 296 g/mol. The molecule has 2 aliphatic rings. The Morgan fingerprint density at radius 3 is 2.59 bits per heavy atom. The van der Waals surface area contributed by atoms with E-state index in [0.29, 0.717) is 5.92 Å². The fourth-order valence-electron chi connectivity index (χ4n) is 2.22. The second-order valence-corrected chi connectivity index (χ2v) is 5.75. The van der Waals surface area contributed by atoms with Crippen molar-refractivity contribution >= 4 is 27.6 Å². The highest BCUT2D eigenvalue weighted by Gasteiger charge is 2.49. The molecular formula is C12H14BrN3O. The fraction of sp³-hybridized carbons (Fsp3) is 0.417. The Morgan fingerprint density at radius 1 is 1.35 bits per heavy atom. The van der Waals surface area contributed by atoms with E-state index in [-0.39, 0.29) is 11.7 Å². The van der Waals surface area contributed by atoms with Crippen molar-refractivity contribution < 1.29 is 4.79 Å². The minimum absolute atomic E-state index is 0.0817. The summed E-state index contributed by atoms with van der Waals surface area (Å²) in [5.41, 5.74) is 3.84. The van der Waals surface area contributed by atoms with E-state index in [0.717, 1.165) is 10.2 Å². The Labute approximate surface area is 108 Å². The summed E-state index contributed by atoms with van der Waals surface area (Å²) < 4.78 is 1.01. The van der Waals surface area contributed by atoms with Crippen molar-refractivity contribution in [2.45, 2.75) is 25.4 Å². The predicted molar refractivity (Wildman–Crippen MR) is 69.4 cm³/mol. The van der Waals surface area contributed by atoms with Crippen LogP contribution in [0.3, 0.4) is 0 Å². The van der Waals surface area contributed by atoms with Crippen molar-refractivity contribution in [3.8, 4) is 0 Å². The molecule has 1 aromatic carbocycles. The Morgan fingerprint density at radius 2 is 2.00 bits per heavy atom. The highest BCUT2D eigenvalue weighted by atomic mass is 79.9. The molecule has 2 amide bonds. The van der Waals surface area contributed by atoms with Crippen LogP contribution >= 0.6 is 15.9 Å². The van der Waals surface area contributed by atoms with Gasteiger partial charge in [-0.05, 0) is 49.9 Å². The predicted octanol–water partition coefficient (Wildman–Crippen LogP) is 2.61. The normalized spacial score (nSPS) is 28.4. The molecule has 1 saturated heterocycles. The van der Waals surface area contributed by atoms with Crippen molar-refractivity contribution in [2.75, 3.05) is 5.01 Å². The number of benzene rings is 1. The Bertz CT molecular complexity index is 457. The van der Waals surface area contributed by atoms with Crippen LogP contribution < -0.4 is 15.8 Å². The number of hydrazine groups is 1. The maximum absolute atomic E-state index is 11.9. The van der Waals surface area contributed by atoms with Gasteiger partial charge in [-0.15, -0.1) is 0 Å². The summed E-state index contributed by atoms with van der Waals surface area (Å²) in [5.74, 6) is 0.548. The average Bonchev–Trinajstić information content (AvgIpc) is 3.08. The Balaban J connectivity index is 1.84. The minimum Gasteiger partial charge on any atom is -0.317 e. The lowest BCUT2D eigenvalue weighted by Gasteiger charge is -2.24. The van der Waals surface area contributed by atoms with Gasteiger partial charge in [-0.1, -0.05) is 15.9 Å². The topological polar surface area (TPSA) is 44.4 Å². The molecule has 17 heavy (non-hydrogen) atoms.